The molecule has 0 bridgehead atoms. The summed E-state index contributed by atoms with van der Waals surface area (Å²) in [6.45, 7) is 4.53. The van der Waals surface area contributed by atoms with Gasteiger partial charge < -0.3 is 19.6 Å². The largest absolute Gasteiger partial charge is 0.490 e. The van der Waals surface area contributed by atoms with E-state index in [1.54, 1.807) is 6.92 Å². The number of piperidine rings is 1. The van der Waals surface area contributed by atoms with Crippen LogP contribution >= 0.6 is 0 Å². The van der Waals surface area contributed by atoms with Gasteiger partial charge in [-0.25, -0.2) is 0 Å². The standard InChI is InChI=1S/C19H23N5O3/c1-13-21-19(22-27-13)12-23-8-5-14(6-9-23)26-17-4-2-3-16-15(17)7-10-24(16)11-18(20)25/h2-4,7,10,14H,5-6,8-9,11-12H2,1H3,(H2,20,25). The molecule has 1 fully saturated rings. The number of aryl methyl sites for hydroxylation is 1. The van der Waals surface area contributed by atoms with Crippen LogP contribution in [0.5, 0.6) is 5.75 Å². The number of benzene rings is 1. The maximum atomic E-state index is 11.2. The molecule has 0 aliphatic carbocycles. The second-order valence-corrected chi connectivity index (χ2v) is 6.92. The number of aromatic nitrogens is 3. The summed E-state index contributed by atoms with van der Waals surface area (Å²) < 4.78 is 13.2. The molecule has 1 amide bonds. The van der Waals surface area contributed by atoms with Gasteiger partial charge in [0, 0.05) is 31.6 Å². The second-order valence-electron chi connectivity index (χ2n) is 6.92. The molecule has 2 aromatic heterocycles. The van der Waals surface area contributed by atoms with Crippen molar-refractivity contribution < 1.29 is 14.1 Å². The van der Waals surface area contributed by atoms with E-state index in [4.69, 9.17) is 15.0 Å². The molecule has 0 saturated carbocycles. The van der Waals surface area contributed by atoms with E-state index in [1.807, 2.05) is 35.0 Å². The lowest BCUT2D eigenvalue weighted by Gasteiger charge is -2.31. The number of nitrogens with zero attached hydrogens (tertiary/aromatic N) is 4. The van der Waals surface area contributed by atoms with Crippen LogP contribution in [-0.4, -0.2) is 44.7 Å². The van der Waals surface area contributed by atoms with E-state index >= 15 is 0 Å². The average Bonchev–Trinajstić information content (AvgIpc) is 3.23. The molecule has 3 heterocycles. The Kier molecular flexibility index (Phi) is 4.81. The topological polar surface area (TPSA) is 99.4 Å². The lowest BCUT2D eigenvalue weighted by Crippen LogP contribution is -2.38. The Hall–Kier alpha value is -2.87. The first-order valence-electron chi connectivity index (χ1n) is 9.13. The van der Waals surface area contributed by atoms with Crippen molar-refractivity contribution in [2.45, 2.75) is 39.0 Å². The van der Waals surface area contributed by atoms with Crippen molar-refractivity contribution in [1.29, 1.82) is 0 Å². The van der Waals surface area contributed by atoms with Gasteiger partial charge in [-0.3, -0.25) is 9.69 Å². The molecule has 1 aliphatic heterocycles. The van der Waals surface area contributed by atoms with Gasteiger partial charge in [-0.15, -0.1) is 0 Å². The highest BCUT2D eigenvalue weighted by Crippen LogP contribution is 2.29. The molecule has 8 nitrogen and oxygen atoms in total. The first kappa shape index (κ1) is 17.5. The minimum Gasteiger partial charge on any atom is -0.490 e. The van der Waals surface area contributed by atoms with E-state index in [1.165, 1.54) is 0 Å². The lowest BCUT2D eigenvalue weighted by atomic mass is 10.1. The highest BCUT2D eigenvalue weighted by Gasteiger charge is 2.22. The molecule has 0 spiro atoms. The minimum absolute atomic E-state index is 0.165. The fourth-order valence-electron chi connectivity index (χ4n) is 3.57. The van der Waals surface area contributed by atoms with Crippen molar-refractivity contribution in [3.63, 3.8) is 0 Å². The highest BCUT2D eigenvalue weighted by molar-refractivity contribution is 5.87. The number of likely N-dealkylation sites (tertiary alicyclic amines) is 1. The van der Waals surface area contributed by atoms with Crippen LogP contribution < -0.4 is 10.5 Å². The summed E-state index contributed by atoms with van der Waals surface area (Å²) in [6.07, 6.45) is 3.92. The van der Waals surface area contributed by atoms with Gasteiger partial charge in [0.1, 0.15) is 18.4 Å². The molecule has 0 unspecified atom stereocenters. The van der Waals surface area contributed by atoms with Crippen molar-refractivity contribution in [3.05, 3.63) is 42.2 Å². The third kappa shape index (κ3) is 3.95. The van der Waals surface area contributed by atoms with E-state index in [0.717, 1.165) is 48.4 Å². The summed E-state index contributed by atoms with van der Waals surface area (Å²) in [6, 6.07) is 7.87. The van der Waals surface area contributed by atoms with Crippen LogP contribution in [0.25, 0.3) is 10.9 Å². The number of amides is 1. The van der Waals surface area contributed by atoms with E-state index < -0.39 is 0 Å². The molecule has 4 rings (SSSR count). The Balaban J connectivity index is 1.39. The lowest BCUT2D eigenvalue weighted by molar-refractivity contribution is -0.118. The Morgan fingerprint density at radius 1 is 1.33 bits per heavy atom. The molecule has 3 aromatic rings. The van der Waals surface area contributed by atoms with E-state index in [0.29, 0.717) is 12.4 Å². The summed E-state index contributed by atoms with van der Waals surface area (Å²) in [5.41, 5.74) is 6.28. The number of rotatable bonds is 6. The van der Waals surface area contributed by atoms with Crippen LogP contribution in [0.2, 0.25) is 0 Å². The zero-order valence-electron chi connectivity index (χ0n) is 15.3. The van der Waals surface area contributed by atoms with Gasteiger partial charge >= 0.3 is 0 Å². The Bertz CT molecular complexity index is 940. The Morgan fingerprint density at radius 2 is 2.15 bits per heavy atom. The minimum atomic E-state index is -0.358. The molecule has 1 aromatic carbocycles. The highest BCUT2D eigenvalue weighted by atomic mass is 16.5. The van der Waals surface area contributed by atoms with E-state index in [-0.39, 0.29) is 18.6 Å². The summed E-state index contributed by atoms with van der Waals surface area (Å²) >= 11 is 0. The Labute approximate surface area is 156 Å². The molecule has 8 heteroatoms. The van der Waals surface area contributed by atoms with Gasteiger partial charge in [0.15, 0.2) is 5.82 Å². The van der Waals surface area contributed by atoms with Gasteiger partial charge in [-0.2, -0.15) is 4.98 Å². The summed E-state index contributed by atoms with van der Waals surface area (Å²) in [5, 5.41) is 4.96. The third-order valence-electron chi connectivity index (χ3n) is 4.86. The van der Waals surface area contributed by atoms with Crippen molar-refractivity contribution in [2.24, 2.45) is 5.73 Å². The van der Waals surface area contributed by atoms with Gasteiger partial charge in [0.05, 0.1) is 12.1 Å². The predicted octanol–water partition coefficient (Wildman–Crippen LogP) is 1.86. The van der Waals surface area contributed by atoms with Crippen molar-refractivity contribution >= 4 is 16.8 Å². The van der Waals surface area contributed by atoms with Gasteiger partial charge in [0.25, 0.3) is 0 Å². The van der Waals surface area contributed by atoms with Crippen LogP contribution in [0.1, 0.15) is 24.6 Å². The number of carbonyl (C=O) groups excluding carboxylic acids is 1. The zero-order valence-corrected chi connectivity index (χ0v) is 15.3. The van der Waals surface area contributed by atoms with Crippen molar-refractivity contribution in [1.82, 2.24) is 19.6 Å². The Morgan fingerprint density at radius 3 is 2.85 bits per heavy atom. The van der Waals surface area contributed by atoms with Gasteiger partial charge in [0.2, 0.25) is 11.8 Å². The number of fused-ring (bicyclic) bond motifs is 1. The fourth-order valence-corrected chi connectivity index (χ4v) is 3.57. The maximum Gasteiger partial charge on any atom is 0.237 e. The molecular formula is C19H23N5O3. The number of hydrogen-bond acceptors (Lipinski definition) is 6. The molecule has 27 heavy (non-hydrogen) atoms. The molecule has 0 atom stereocenters. The van der Waals surface area contributed by atoms with Crippen LogP contribution in [0.15, 0.2) is 35.0 Å². The quantitative estimate of drug-likeness (QED) is 0.712. The third-order valence-corrected chi connectivity index (χ3v) is 4.86. The SMILES string of the molecule is Cc1nc(CN2CCC(Oc3cccc4c3ccn4CC(N)=O)CC2)no1. The fraction of sp³-hybridized carbons (Fsp3) is 0.421. The molecule has 0 radical (unpaired) electrons. The van der Waals surface area contributed by atoms with Crippen LogP contribution in [-0.2, 0) is 17.9 Å². The monoisotopic (exact) mass is 369 g/mol. The normalized spacial score (nSPS) is 16.0. The van der Waals surface area contributed by atoms with Gasteiger partial charge in [-0.1, -0.05) is 11.2 Å². The molecule has 2 N–H and O–H groups in total. The smallest absolute Gasteiger partial charge is 0.237 e. The molecular weight excluding hydrogens is 346 g/mol. The van der Waals surface area contributed by atoms with Gasteiger partial charge in [-0.05, 0) is 31.0 Å². The number of carbonyl (C=O) groups is 1. The number of nitrogens with two attached hydrogens (primary N) is 1. The van der Waals surface area contributed by atoms with Crippen molar-refractivity contribution in [3.8, 4) is 5.75 Å². The number of hydrogen-bond donors (Lipinski definition) is 1. The van der Waals surface area contributed by atoms with Crippen LogP contribution in [0, 0.1) is 6.92 Å². The molecule has 1 saturated heterocycles. The van der Waals surface area contributed by atoms with Crippen LogP contribution in [0.4, 0.5) is 0 Å². The number of ether oxygens (including phenoxy) is 1. The second kappa shape index (κ2) is 7.40. The number of primary amides is 1. The predicted molar refractivity (Wildman–Crippen MR) is 99.1 cm³/mol. The summed E-state index contributed by atoms with van der Waals surface area (Å²) in [4.78, 5) is 17.8. The summed E-state index contributed by atoms with van der Waals surface area (Å²) in [5.74, 6) is 1.82. The summed E-state index contributed by atoms with van der Waals surface area (Å²) in [7, 11) is 0. The first-order chi connectivity index (χ1) is 13.1. The van der Waals surface area contributed by atoms with E-state index in [9.17, 15) is 4.79 Å². The van der Waals surface area contributed by atoms with E-state index in [2.05, 4.69) is 15.0 Å². The maximum absolute atomic E-state index is 11.2. The van der Waals surface area contributed by atoms with Crippen molar-refractivity contribution in [2.75, 3.05) is 13.1 Å². The molecule has 142 valence electrons. The average molecular weight is 369 g/mol. The first-order valence-corrected chi connectivity index (χ1v) is 9.13. The molecule has 1 aliphatic rings. The zero-order chi connectivity index (χ0) is 18.8. The van der Waals surface area contributed by atoms with Crippen LogP contribution in [0.3, 0.4) is 0 Å².